The van der Waals surface area contributed by atoms with Crippen molar-refractivity contribution < 1.29 is 4.79 Å². The second kappa shape index (κ2) is 11.1. The Morgan fingerprint density at radius 1 is 1.43 bits per heavy atom. The average Bonchev–Trinajstić information content (AvgIpc) is 3.12. The van der Waals surface area contributed by atoms with Crippen LogP contribution in [0.25, 0.3) is 11.2 Å². The fourth-order valence-electron chi connectivity index (χ4n) is 2.99. The second-order valence-electron chi connectivity index (χ2n) is 6.84. The van der Waals surface area contributed by atoms with E-state index in [9.17, 15) is 4.79 Å². The zero-order chi connectivity index (χ0) is 20.4. The van der Waals surface area contributed by atoms with Crippen LogP contribution in [0.15, 0.2) is 35.0 Å². The first kappa shape index (κ1) is 21.5. The first-order valence-corrected chi connectivity index (χ1v) is 9.74. The molecule has 0 aromatic carbocycles. The lowest BCUT2D eigenvalue weighted by molar-refractivity contribution is -0.126. The number of hydrogen-bond donors (Lipinski definition) is 1. The number of amides is 1. The highest BCUT2D eigenvalue weighted by molar-refractivity contribution is 5.86. The van der Waals surface area contributed by atoms with Crippen LogP contribution in [0.5, 0.6) is 0 Å². The molecule has 28 heavy (non-hydrogen) atoms. The molecule has 2 aromatic heterocycles. The fraction of sp³-hybridized carbons (Fsp3) is 0.476. The Kier molecular flexibility index (Phi) is 8.52. The summed E-state index contributed by atoms with van der Waals surface area (Å²) < 4.78 is 0. The van der Waals surface area contributed by atoms with Gasteiger partial charge in [0.25, 0.3) is 0 Å². The van der Waals surface area contributed by atoms with E-state index in [4.69, 9.17) is 4.98 Å². The smallest absolute Gasteiger partial charge is 0.245 e. The largest absolute Gasteiger partial charge is 0.345 e. The molecular formula is C21H30N6O. The minimum atomic E-state index is -0.000228. The molecule has 0 fully saturated rings. The third kappa shape index (κ3) is 6.11. The summed E-state index contributed by atoms with van der Waals surface area (Å²) in [4.78, 5) is 34.0. The predicted octanol–water partition coefficient (Wildman–Crippen LogP) is 3.22. The molecule has 0 aliphatic rings. The van der Waals surface area contributed by atoms with Crippen LogP contribution in [0.2, 0.25) is 0 Å². The van der Waals surface area contributed by atoms with E-state index in [1.807, 2.05) is 30.4 Å². The van der Waals surface area contributed by atoms with Crippen molar-refractivity contribution in [3.05, 3.63) is 36.3 Å². The molecule has 1 amide bonds. The highest BCUT2D eigenvalue weighted by atomic mass is 16.2. The molecular weight excluding hydrogens is 352 g/mol. The molecule has 1 unspecified atom stereocenters. The molecule has 0 spiro atoms. The van der Waals surface area contributed by atoms with Crippen molar-refractivity contribution >= 4 is 29.6 Å². The van der Waals surface area contributed by atoms with Gasteiger partial charge in [-0.15, -0.1) is 0 Å². The number of fused-ring (bicyclic) bond motifs is 1. The number of likely N-dealkylation sites (N-methyl/N-ethyl adjacent to an activating group) is 1. The number of aryl methyl sites for hydroxylation is 1. The lowest BCUT2D eigenvalue weighted by Crippen LogP contribution is -2.31. The summed E-state index contributed by atoms with van der Waals surface area (Å²) in [5.74, 6) is 0.495. The normalized spacial score (nSPS) is 12.8. The zero-order valence-electron chi connectivity index (χ0n) is 17.1. The van der Waals surface area contributed by atoms with Gasteiger partial charge in [-0.1, -0.05) is 13.5 Å². The molecule has 7 nitrogen and oxygen atoms in total. The lowest BCUT2D eigenvalue weighted by Gasteiger charge is -2.21. The Morgan fingerprint density at radius 3 is 2.96 bits per heavy atom. The van der Waals surface area contributed by atoms with Crippen molar-refractivity contribution in [2.75, 3.05) is 20.1 Å². The molecule has 7 heteroatoms. The van der Waals surface area contributed by atoms with Gasteiger partial charge in [-0.05, 0) is 38.2 Å². The van der Waals surface area contributed by atoms with Crippen molar-refractivity contribution in [1.29, 1.82) is 0 Å². The van der Waals surface area contributed by atoms with Gasteiger partial charge in [0.05, 0.1) is 11.9 Å². The molecule has 1 atom stereocenters. The molecule has 150 valence electrons. The number of rotatable bonds is 11. The minimum Gasteiger partial charge on any atom is -0.345 e. The van der Waals surface area contributed by atoms with Gasteiger partial charge >= 0.3 is 0 Å². The molecule has 0 radical (unpaired) electrons. The third-order valence-electron chi connectivity index (χ3n) is 4.76. The van der Waals surface area contributed by atoms with E-state index in [0.29, 0.717) is 18.9 Å². The summed E-state index contributed by atoms with van der Waals surface area (Å²) in [5, 5.41) is 0. The molecule has 2 aromatic rings. The van der Waals surface area contributed by atoms with E-state index < -0.39 is 0 Å². The average molecular weight is 383 g/mol. The summed E-state index contributed by atoms with van der Waals surface area (Å²) in [6.07, 6.45) is 12.0. The summed E-state index contributed by atoms with van der Waals surface area (Å²) in [7, 11) is 1.69. The number of aromatic nitrogens is 3. The highest BCUT2D eigenvalue weighted by Crippen LogP contribution is 2.17. The maximum atomic E-state index is 11.7. The van der Waals surface area contributed by atoms with E-state index in [2.05, 4.69) is 33.5 Å². The summed E-state index contributed by atoms with van der Waals surface area (Å²) in [5.41, 5.74) is 3.76. The maximum Gasteiger partial charge on any atom is 0.245 e. The lowest BCUT2D eigenvalue weighted by atomic mass is 10.0. The number of carbonyl (C=O) groups is 1. The summed E-state index contributed by atoms with van der Waals surface area (Å²) >= 11 is 0. The third-order valence-corrected chi connectivity index (χ3v) is 4.76. The number of hydrogen-bond acceptors (Lipinski definition) is 4. The summed E-state index contributed by atoms with van der Waals surface area (Å²) in [6, 6.07) is 0. The van der Waals surface area contributed by atoms with Crippen LogP contribution in [0.3, 0.4) is 0 Å². The van der Waals surface area contributed by atoms with Gasteiger partial charge in [-0.3, -0.25) is 9.79 Å². The Bertz CT molecular complexity index is 839. The summed E-state index contributed by atoms with van der Waals surface area (Å²) in [6.45, 7) is 9.24. The number of nitrogens with zero attached hydrogens (tertiary/aromatic N) is 5. The van der Waals surface area contributed by atoms with Gasteiger partial charge in [-0.25, -0.2) is 15.0 Å². The van der Waals surface area contributed by atoms with Gasteiger partial charge in [-0.2, -0.15) is 0 Å². The standard InChI is InChI=1S/C21H30N6O/c1-5-19(28)27(6-2)12-10-16(3)7-8-18-14-25-21-20(26-18)17(13-24-21)9-11-23-15-22-4/h5,11,13-16H,1,6-10,12H2,2-4H3,(H,24,25)/b22-15-,23-11-. The van der Waals surface area contributed by atoms with Crippen LogP contribution in [0.4, 0.5) is 0 Å². The monoisotopic (exact) mass is 382 g/mol. The minimum absolute atomic E-state index is 0.000228. The molecule has 0 saturated heterocycles. The zero-order valence-corrected chi connectivity index (χ0v) is 17.1. The quantitative estimate of drug-likeness (QED) is 0.368. The SMILES string of the molecule is C=CC(=O)N(CC)CCC(C)CCc1cnc2[nH]cc(C/C=N\C=N/C)c2n1. The molecule has 2 heterocycles. The molecule has 0 aliphatic carbocycles. The molecule has 1 N–H and O–H groups in total. The van der Waals surface area contributed by atoms with Crippen LogP contribution < -0.4 is 0 Å². The highest BCUT2D eigenvalue weighted by Gasteiger charge is 2.12. The van der Waals surface area contributed by atoms with Crippen molar-refractivity contribution in [3.63, 3.8) is 0 Å². The Labute approximate surface area is 166 Å². The number of carbonyl (C=O) groups excluding carboxylic acids is 1. The number of aliphatic imine (C=N–C) groups is 2. The Hall–Kier alpha value is -2.83. The predicted molar refractivity (Wildman–Crippen MR) is 115 cm³/mol. The van der Waals surface area contributed by atoms with Crippen LogP contribution in [-0.2, 0) is 17.6 Å². The van der Waals surface area contributed by atoms with E-state index >= 15 is 0 Å². The van der Waals surface area contributed by atoms with Gasteiger partial charge in [0.15, 0.2) is 5.65 Å². The number of nitrogens with one attached hydrogen (secondary N) is 1. The van der Waals surface area contributed by atoms with Gasteiger partial charge in [0.2, 0.25) is 5.91 Å². The van der Waals surface area contributed by atoms with Crippen molar-refractivity contribution in [2.24, 2.45) is 15.9 Å². The van der Waals surface area contributed by atoms with E-state index in [1.54, 1.807) is 7.05 Å². The molecule has 0 bridgehead atoms. The first-order valence-electron chi connectivity index (χ1n) is 9.74. The van der Waals surface area contributed by atoms with Crippen molar-refractivity contribution in [3.8, 4) is 0 Å². The van der Waals surface area contributed by atoms with E-state index in [1.165, 1.54) is 12.4 Å². The van der Waals surface area contributed by atoms with Crippen molar-refractivity contribution in [2.45, 2.75) is 39.5 Å². The maximum absolute atomic E-state index is 11.7. The molecule has 0 aliphatic heterocycles. The van der Waals surface area contributed by atoms with Gasteiger partial charge in [0, 0.05) is 44.5 Å². The topological polar surface area (TPSA) is 86.6 Å². The van der Waals surface area contributed by atoms with Crippen LogP contribution in [0, 0.1) is 5.92 Å². The fourth-order valence-corrected chi connectivity index (χ4v) is 2.99. The van der Waals surface area contributed by atoms with Gasteiger partial charge < -0.3 is 9.88 Å². The molecule has 2 rings (SSSR count). The molecule has 0 saturated carbocycles. The van der Waals surface area contributed by atoms with Crippen molar-refractivity contribution in [1.82, 2.24) is 19.9 Å². The second-order valence-corrected chi connectivity index (χ2v) is 6.84. The van der Waals surface area contributed by atoms with Crippen LogP contribution in [0.1, 0.15) is 37.9 Å². The first-order chi connectivity index (χ1) is 13.6. The number of H-pyrrole nitrogens is 1. The van der Waals surface area contributed by atoms with Crippen LogP contribution >= 0.6 is 0 Å². The van der Waals surface area contributed by atoms with E-state index in [0.717, 1.165) is 48.2 Å². The van der Waals surface area contributed by atoms with Crippen LogP contribution in [-0.4, -0.2) is 58.4 Å². The Morgan fingerprint density at radius 2 is 2.25 bits per heavy atom. The van der Waals surface area contributed by atoms with Gasteiger partial charge in [0.1, 0.15) is 11.9 Å². The number of aromatic amines is 1. The van der Waals surface area contributed by atoms with E-state index in [-0.39, 0.29) is 5.91 Å². The Balaban J connectivity index is 1.92.